The average molecular weight is 460 g/mol. The number of hydrazine groups is 1. The second-order valence-corrected chi connectivity index (χ2v) is 7.23. The highest BCUT2D eigenvalue weighted by molar-refractivity contribution is 7.80. The third kappa shape index (κ3) is 4.94. The molecule has 2 aromatic rings. The van der Waals surface area contributed by atoms with Gasteiger partial charge in [-0.1, -0.05) is 0 Å². The van der Waals surface area contributed by atoms with Crippen molar-refractivity contribution < 1.29 is 28.2 Å². The van der Waals surface area contributed by atoms with E-state index in [2.05, 4.69) is 10.7 Å². The maximum absolute atomic E-state index is 13.1. The average Bonchev–Trinajstić information content (AvgIpc) is 2.98. The van der Waals surface area contributed by atoms with Gasteiger partial charge in [-0.2, -0.15) is 0 Å². The number of nitrogens with zero attached hydrogens (tertiary/aromatic N) is 2. The van der Waals surface area contributed by atoms with Gasteiger partial charge in [0.1, 0.15) is 23.4 Å². The van der Waals surface area contributed by atoms with Crippen LogP contribution in [0.3, 0.4) is 0 Å². The minimum absolute atomic E-state index is 0.0396. The Hall–Kier alpha value is -3.73. The number of anilines is 1. The smallest absolute Gasteiger partial charge is 0.270 e. The van der Waals surface area contributed by atoms with E-state index in [9.17, 15) is 18.8 Å². The van der Waals surface area contributed by atoms with Crippen molar-refractivity contribution in [2.24, 2.45) is 0 Å². The summed E-state index contributed by atoms with van der Waals surface area (Å²) in [6.07, 6.45) is -0.289. The van der Waals surface area contributed by atoms with Crippen molar-refractivity contribution >= 4 is 40.7 Å². The number of benzene rings is 2. The summed E-state index contributed by atoms with van der Waals surface area (Å²) in [4.78, 5) is 39.2. The van der Waals surface area contributed by atoms with Crippen molar-refractivity contribution in [3.8, 4) is 11.5 Å². The van der Waals surface area contributed by atoms with Crippen LogP contribution in [0, 0.1) is 5.82 Å². The van der Waals surface area contributed by atoms with Crippen LogP contribution in [0.5, 0.6) is 11.5 Å². The number of carbonyl (C=O) groups excluding carboxylic acids is 3. The van der Waals surface area contributed by atoms with Gasteiger partial charge in [0.25, 0.3) is 11.8 Å². The fraction of sp³-hybridized carbons (Fsp3) is 0.238. The first-order valence-electron chi connectivity index (χ1n) is 9.43. The second kappa shape index (κ2) is 9.60. The Bertz CT molecular complexity index is 1040. The first kappa shape index (κ1) is 22.9. The molecule has 1 aliphatic heterocycles. The van der Waals surface area contributed by atoms with Gasteiger partial charge in [-0.05, 0) is 48.6 Å². The zero-order chi connectivity index (χ0) is 23.4. The van der Waals surface area contributed by atoms with Crippen LogP contribution in [0.15, 0.2) is 42.5 Å². The summed E-state index contributed by atoms with van der Waals surface area (Å²) < 4.78 is 23.4. The van der Waals surface area contributed by atoms with Crippen LogP contribution in [-0.4, -0.2) is 60.1 Å². The Balaban J connectivity index is 1.76. The molecule has 1 atom stereocenters. The number of hydrogen-bond acceptors (Lipinski definition) is 6. The molecule has 11 heteroatoms. The zero-order valence-corrected chi connectivity index (χ0v) is 18.4. The molecule has 0 spiro atoms. The molecule has 2 N–H and O–H groups in total. The normalized spacial score (nSPS) is 15.6. The molecule has 1 unspecified atom stereocenters. The summed E-state index contributed by atoms with van der Waals surface area (Å²) >= 11 is 5.27. The minimum Gasteiger partial charge on any atom is -0.497 e. The number of halogens is 1. The van der Waals surface area contributed by atoms with Crippen molar-refractivity contribution in [3.63, 3.8) is 0 Å². The van der Waals surface area contributed by atoms with Crippen LogP contribution in [0.2, 0.25) is 0 Å². The maximum Gasteiger partial charge on any atom is 0.270 e. The zero-order valence-electron chi connectivity index (χ0n) is 17.5. The predicted molar refractivity (Wildman–Crippen MR) is 118 cm³/mol. The van der Waals surface area contributed by atoms with Gasteiger partial charge in [-0.3, -0.25) is 24.7 Å². The summed E-state index contributed by atoms with van der Waals surface area (Å²) in [5.41, 5.74) is 3.17. The topological polar surface area (TPSA) is 100 Å². The number of hydrogen-bond donors (Lipinski definition) is 2. The molecule has 3 rings (SSSR count). The number of amides is 3. The molecule has 0 bridgehead atoms. The van der Waals surface area contributed by atoms with Crippen LogP contribution >= 0.6 is 12.2 Å². The first-order chi connectivity index (χ1) is 15.2. The van der Waals surface area contributed by atoms with E-state index in [1.165, 1.54) is 67.6 Å². The molecule has 3 amide bonds. The maximum atomic E-state index is 13.1. The van der Waals surface area contributed by atoms with E-state index in [0.717, 1.165) is 0 Å². The molecule has 0 aromatic heterocycles. The Morgan fingerprint density at radius 2 is 1.69 bits per heavy atom. The van der Waals surface area contributed by atoms with Crippen molar-refractivity contribution in [1.29, 1.82) is 0 Å². The lowest BCUT2D eigenvalue weighted by Gasteiger charge is -2.24. The van der Waals surface area contributed by atoms with Crippen molar-refractivity contribution in [2.45, 2.75) is 12.5 Å². The van der Waals surface area contributed by atoms with Crippen LogP contribution in [0.4, 0.5) is 10.1 Å². The predicted octanol–water partition coefficient (Wildman–Crippen LogP) is 1.94. The highest BCUT2D eigenvalue weighted by atomic mass is 32.1. The summed E-state index contributed by atoms with van der Waals surface area (Å²) in [6, 6.07) is 8.76. The molecule has 0 aliphatic carbocycles. The van der Waals surface area contributed by atoms with E-state index in [1.807, 2.05) is 0 Å². The second-order valence-electron chi connectivity index (χ2n) is 6.87. The summed E-state index contributed by atoms with van der Waals surface area (Å²) in [5.74, 6) is -1.16. The molecule has 1 aliphatic rings. The van der Waals surface area contributed by atoms with E-state index in [1.54, 1.807) is 6.07 Å². The molecule has 0 saturated carbocycles. The monoisotopic (exact) mass is 460 g/mol. The van der Waals surface area contributed by atoms with Gasteiger partial charge in [0.2, 0.25) is 5.91 Å². The van der Waals surface area contributed by atoms with Gasteiger partial charge in [-0.15, -0.1) is 0 Å². The standard InChI is InChI=1S/C21H21FN4O5S/c1-25-20(29)17(11-18(27)23-14-6-4-13(22)5-7-14)26(21(25)32)24-19(28)12-8-15(30-2)10-16(9-12)31-3/h4-10,17H,11H2,1-3H3,(H,23,27)(H,24,28). The van der Waals surface area contributed by atoms with Gasteiger partial charge >= 0.3 is 0 Å². The van der Waals surface area contributed by atoms with Crippen LogP contribution in [0.25, 0.3) is 0 Å². The number of likely N-dealkylation sites (N-methyl/N-ethyl adjacent to an activating group) is 1. The number of carbonyl (C=O) groups is 3. The molecule has 0 radical (unpaired) electrons. The van der Waals surface area contributed by atoms with Gasteiger partial charge < -0.3 is 14.8 Å². The Morgan fingerprint density at radius 1 is 1.09 bits per heavy atom. The number of ether oxygens (including phenoxy) is 2. The fourth-order valence-corrected chi connectivity index (χ4v) is 3.32. The van der Waals surface area contributed by atoms with Crippen molar-refractivity contribution in [3.05, 3.63) is 53.8 Å². The van der Waals surface area contributed by atoms with E-state index >= 15 is 0 Å². The number of nitrogens with one attached hydrogen (secondary N) is 2. The number of thiocarbonyl (C=S) groups is 1. The fourth-order valence-electron chi connectivity index (χ4n) is 3.06. The Morgan fingerprint density at radius 3 is 2.25 bits per heavy atom. The van der Waals surface area contributed by atoms with Crippen LogP contribution in [0.1, 0.15) is 16.8 Å². The van der Waals surface area contributed by atoms with Crippen LogP contribution < -0.4 is 20.2 Å². The lowest BCUT2D eigenvalue weighted by Crippen LogP contribution is -2.49. The first-order valence-corrected chi connectivity index (χ1v) is 9.84. The molecule has 1 fully saturated rings. The number of methoxy groups -OCH3 is 2. The highest BCUT2D eigenvalue weighted by Crippen LogP contribution is 2.24. The van der Waals surface area contributed by atoms with Gasteiger partial charge in [0, 0.05) is 24.4 Å². The van der Waals surface area contributed by atoms with Gasteiger partial charge in [0.05, 0.1) is 20.6 Å². The van der Waals surface area contributed by atoms with E-state index in [-0.39, 0.29) is 17.1 Å². The summed E-state index contributed by atoms with van der Waals surface area (Å²) in [5, 5.41) is 3.81. The molecular weight excluding hydrogens is 439 g/mol. The number of rotatable bonds is 7. The third-order valence-electron chi connectivity index (χ3n) is 4.76. The summed E-state index contributed by atoms with van der Waals surface area (Å²) in [7, 11) is 4.36. The van der Waals surface area contributed by atoms with Gasteiger partial charge in [-0.25, -0.2) is 9.40 Å². The third-order valence-corrected chi connectivity index (χ3v) is 5.23. The van der Waals surface area contributed by atoms with Crippen molar-refractivity contribution in [1.82, 2.24) is 15.3 Å². The summed E-state index contributed by atoms with van der Waals surface area (Å²) in [6.45, 7) is 0. The largest absolute Gasteiger partial charge is 0.497 e. The minimum atomic E-state index is -1.05. The lowest BCUT2D eigenvalue weighted by molar-refractivity contribution is -0.130. The van der Waals surface area contributed by atoms with E-state index in [4.69, 9.17) is 21.7 Å². The Kier molecular flexibility index (Phi) is 6.89. The van der Waals surface area contributed by atoms with Crippen molar-refractivity contribution in [2.75, 3.05) is 26.6 Å². The molecular formula is C21H21FN4O5S. The molecule has 1 heterocycles. The quantitative estimate of drug-likeness (QED) is 0.609. The lowest BCUT2D eigenvalue weighted by atomic mass is 10.1. The van der Waals surface area contributed by atoms with E-state index < -0.39 is 29.6 Å². The van der Waals surface area contributed by atoms with Crippen LogP contribution in [-0.2, 0) is 9.59 Å². The SMILES string of the molecule is COc1cc(OC)cc(C(=O)NN2C(=S)N(C)C(=O)C2CC(=O)Nc2ccc(F)cc2)c1. The molecule has 32 heavy (non-hydrogen) atoms. The molecule has 9 nitrogen and oxygen atoms in total. The molecule has 168 valence electrons. The Labute approximate surface area is 189 Å². The van der Waals surface area contributed by atoms with Gasteiger partial charge in [0.15, 0.2) is 5.11 Å². The molecule has 2 aromatic carbocycles. The molecule has 1 saturated heterocycles. The van der Waals surface area contributed by atoms with E-state index in [0.29, 0.717) is 17.2 Å². The highest BCUT2D eigenvalue weighted by Gasteiger charge is 2.42.